The summed E-state index contributed by atoms with van der Waals surface area (Å²) in [5.41, 5.74) is 0.367. The lowest BCUT2D eigenvalue weighted by Crippen LogP contribution is -2.47. The van der Waals surface area contributed by atoms with Crippen LogP contribution in [0.2, 0.25) is 0 Å². The fourth-order valence-corrected chi connectivity index (χ4v) is 7.52. The van der Waals surface area contributed by atoms with E-state index in [1.54, 1.807) is 24.0 Å². The highest BCUT2D eigenvalue weighted by atomic mass is 32.2. The molecule has 2 aromatic carbocycles. The van der Waals surface area contributed by atoms with Gasteiger partial charge in [-0.3, -0.25) is 9.52 Å². The van der Waals surface area contributed by atoms with Crippen LogP contribution in [0.25, 0.3) is 0 Å². The number of hydrogen-bond acceptors (Lipinski definition) is 7. The average Bonchev–Trinajstić information content (AvgIpc) is 3.03. The monoisotopic (exact) mass is 661 g/mol. The van der Waals surface area contributed by atoms with Crippen LogP contribution in [0.5, 0.6) is 5.75 Å². The molecule has 0 aromatic heterocycles. The van der Waals surface area contributed by atoms with Gasteiger partial charge in [-0.1, -0.05) is 26.2 Å². The van der Waals surface area contributed by atoms with Crippen molar-refractivity contribution in [3.63, 3.8) is 0 Å². The lowest BCUT2D eigenvalue weighted by molar-refractivity contribution is -0.0190. The first kappa shape index (κ1) is 36.1. The number of nitrogens with one attached hydrogen (secondary N) is 1. The second-order valence-electron chi connectivity index (χ2n) is 13.3. The normalized spacial score (nSPS) is 23.3. The number of benzene rings is 2. The first-order valence-electron chi connectivity index (χ1n) is 16.8. The van der Waals surface area contributed by atoms with Crippen LogP contribution in [0.1, 0.15) is 82.5 Å². The van der Waals surface area contributed by atoms with Crippen molar-refractivity contribution in [2.75, 3.05) is 44.6 Å². The maximum absolute atomic E-state index is 14.3. The Hall–Kier alpha value is -2.73. The number of aliphatic hydroxyl groups is 1. The van der Waals surface area contributed by atoms with Crippen molar-refractivity contribution in [3.05, 3.63) is 53.8 Å². The topological polar surface area (TPSA) is 108 Å². The Morgan fingerprint density at radius 3 is 2.41 bits per heavy atom. The van der Waals surface area contributed by atoms with Crippen molar-refractivity contribution in [2.45, 2.75) is 95.3 Å². The zero-order valence-corrected chi connectivity index (χ0v) is 28.6. The smallest absolute Gasteiger partial charge is 0.261 e. The minimum absolute atomic E-state index is 0.0434. The molecule has 9 nitrogen and oxygen atoms in total. The molecule has 0 radical (unpaired) electrons. The Morgan fingerprint density at radius 2 is 1.72 bits per heavy atom. The Balaban J connectivity index is 1.62. The second kappa shape index (κ2) is 16.9. The number of halogens is 1. The first-order chi connectivity index (χ1) is 22.0. The summed E-state index contributed by atoms with van der Waals surface area (Å²) < 4.78 is 54.9. The molecule has 256 valence electrons. The standard InChI is InChI=1S/C35H52FN3O6S/c1-25-21-39(26(2)24-40)35(41)32-20-30(37-46(42,43)31-16-13-29(36)14-17-31)15-18-33(32)45-27(3)10-8-9-19-44-34(25)23-38(4)22-28-11-6-5-7-12-28/h13-18,20,25-28,34,37,40H,5-12,19,21-24H2,1-4H3/t25-,26+,27+,34-/m0/s1. The van der Waals surface area contributed by atoms with Gasteiger partial charge in [-0.25, -0.2) is 12.8 Å². The van der Waals surface area contributed by atoms with Gasteiger partial charge in [0, 0.05) is 37.8 Å². The first-order valence-corrected chi connectivity index (χ1v) is 18.3. The molecule has 1 amide bonds. The number of carbonyl (C=O) groups is 1. The second-order valence-corrected chi connectivity index (χ2v) is 15.0. The molecule has 0 saturated heterocycles. The predicted molar refractivity (Wildman–Crippen MR) is 178 cm³/mol. The quantitative estimate of drug-likeness (QED) is 0.343. The summed E-state index contributed by atoms with van der Waals surface area (Å²) >= 11 is 0. The van der Waals surface area contributed by atoms with Crippen LogP contribution < -0.4 is 9.46 Å². The van der Waals surface area contributed by atoms with Gasteiger partial charge in [-0.2, -0.15) is 0 Å². The SMILES string of the molecule is C[C@@H]1CCCCO[C@@H](CN(C)CC2CCCCC2)[C@@H](C)CN([C@H](C)CO)C(=O)c2cc(NS(=O)(=O)c3ccc(F)cc3)ccc2O1. The molecule has 0 unspecified atom stereocenters. The van der Waals surface area contributed by atoms with Gasteiger partial charge >= 0.3 is 0 Å². The van der Waals surface area contributed by atoms with Gasteiger partial charge in [0.1, 0.15) is 11.6 Å². The van der Waals surface area contributed by atoms with E-state index in [-0.39, 0.29) is 46.8 Å². The number of likely N-dealkylation sites (N-methyl/N-ethyl adjacent to an activating group) is 1. The maximum Gasteiger partial charge on any atom is 0.261 e. The molecule has 1 fully saturated rings. The molecule has 1 aliphatic heterocycles. The van der Waals surface area contributed by atoms with Gasteiger partial charge in [-0.15, -0.1) is 0 Å². The molecule has 4 atom stereocenters. The highest BCUT2D eigenvalue weighted by Crippen LogP contribution is 2.30. The van der Waals surface area contributed by atoms with Crippen molar-refractivity contribution in [1.82, 2.24) is 9.80 Å². The number of anilines is 1. The summed E-state index contributed by atoms with van der Waals surface area (Å²) in [4.78, 5) is 18.2. The molecule has 2 aliphatic rings. The number of hydrogen-bond donors (Lipinski definition) is 2. The number of rotatable bonds is 9. The third-order valence-corrected chi connectivity index (χ3v) is 10.6. The fourth-order valence-electron chi connectivity index (χ4n) is 6.47. The lowest BCUT2D eigenvalue weighted by atomic mass is 9.89. The van der Waals surface area contributed by atoms with E-state index in [1.165, 1.54) is 50.3 Å². The van der Waals surface area contributed by atoms with Gasteiger partial charge < -0.3 is 24.4 Å². The summed E-state index contributed by atoms with van der Waals surface area (Å²) in [6, 6.07) is 8.66. The predicted octanol–water partition coefficient (Wildman–Crippen LogP) is 5.93. The lowest BCUT2D eigenvalue weighted by Gasteiger charge is -2.36. The number of carbonyl (C=O) groups excluding carboxylic acids is 1. The van der Waals surface area contributed by atoms with Gasteiger partial charge in [0.2, 0.25) is 0 Å². The molecule has 46 heavy (non-hydrogen) atoms. The zero-order chi connectivity index (χ0) is 33.3. The van der Waals surface area contributed by atoms with Gasteiger partial charge in [0.05, 0.1) is 35.3 Å². The molecule has 2 aromatic rings. The molecule has 1 saturated carbocycles. The number of sulfonamides is 1. The van der Waals surface area contributed by atoms with Gasteiger partial charge in [0.25, 0.3) is 15.9 Å². The summed E-state index contributed by atoms with van der Waals surface area (Å²) in [6.07, 6.45) is 8.68. The van der Waals surface area contributed by atoms with E-state index in [9.17, 15) is 22.7 Å². The van der Waals surface area contributed by atoms with Crippen LogP contribution in [-0.2, 0) is 14.8 Å². The van der Waals surface area contributed by atoms with Crippen molar-refractivity contribution in [3.8, 4) is 5.75 Å². The Morgan fingerprint density at radius 1 is 1.02 bits per heavy atom. The van der Waals surface area contributed by atoms with Gasteiger partial charge in [-0.05, 0) is 101 Å². The van der Waals surface area contributed by atoms with Gasteiger partial charge in [0.15, 0.2) is 0 Å². The molecule has 11 heteroatoms. The van der Waals surface area contributed by atoms with Crippen LogP contribution in [0, 0.1) is 17.7 Å². The minimum Gasteiger partial charge on any atom is -0.490 e. The van der Waals surface area contributed by atoms with Crippen molar-refractivity contribution in [1.29, 1.82) is 0 Å². The molecular formula is C35H52FN3O6S. The molecule has 0 bridgehead atoms. The van der Waals surface area contributed by atoms with Crippen LogP contribution in [-0.4, -0.2) is 87.4 Å². The summed E-state index contributed by atoms with van der Waals surface area (Å²) in [6.45, 7) is 8.32. The number of nitrogens with zero attached hydrogens (tertiary/aromatic N) is 2. The number of aliphatic hydroxyl groups excluding tert-OH is 1. The largest absolute Gasteiger partial charge is 0.490 e. The van der Waals surface area contributed by atoms with Crippen molar-refractivity contribution >= 4 is 21.6 Å². The van der Waals surface area contributed by atoms with E-state index < -0.39 is 21.9 Å². The average molecular weight is 662 g/mol. The molecule has 4 rings (SSSR count). The van der Waals surface area contributed by atoms with Crippen LogP contribution in [0.4, 0.5) is 10.1 Å². The third kappa shape index (κ3) is 10.1. The van der Waals surface area contributed by atoms with E-state index in [0.717, 1.165) is 44.5 Å². The van der Waals surface area contributed by atoms with Crippen molar-refractivity contribution in [2.24, 2.45) is 11.8 Å². The van der Waals surface area contributed by atoms with E-state index in [1.807, 2.05) is 6.92 Å². The maximum atomic E-state index is 14.3. The minimum atomic E-state index is -4.05. The molecular weight excluding hydrogens is 609 g/mol. The molecule has 0 spiro atoms. The number of amides is 1. The van der Waals surface area contributed by atoms with Crippen molar-refractivity contribution < 1.29 is 32.2 Å². The summed E-state index contributed by atoms with van der Waals surface area (Å²) in [5.74, 6) is 0.0933. The summed E-state index contributed by atoms with van der Waals surface area (Å²) in [7, 11) is -1.90. The zero-order valence-electron chi connectivity index (χ0n) is 27.8. The number of fused-ring (bicyclic) bond motifs is 1. The van der Waals surface area contributed by atoms with Crippen LogP contribution in [0.3, 0.4) is 0 Å². The van der Waals surface area contributed by atoms with Crippen LogP contribution in [0.15, 0.2) is 47.4 Å². The highest BCUT2D eigenvalue weighted by molar-refractivity contribution is 7.92. The Labute approximate surface area is 274 Å². The Bertz CT molecular complexity index is 1370. The Kier molecular flexibility index (Phi) is 13.3. The van der Waals surface area contributed by atoms with E-state index in [4.69, 9.17) is 9.47 Å². The number of ether oxygens (including phenoxy) is 2. The fraction of sp³-hybridized carbons (Fsp3) is 0.629. The highest BCUT2D eigenvalue weighted by Gasteiger charge is 2.31. The van der Waals surface area contributed by atoms with E-state index in [2.05, 4.69) is 23.6 Å². The third-order valence-electron chi connectivity index (χ3n) is 9.21. The summed E-state index contributed by atoms with van der Waals surface area (Å²) in [5, 5.41) is 10.2. The van der Waals surface area contributed by atoms with E-state index >= 15 is 0 Å². The molecule has 2 N–H and O–H groups in total. The van der Waals surface area contributed by atoms with Crippen LogP contribution >= 0.6 is 0 Å². The molecule has 1 heterocycles. The van der Waals surface area contributed by atoms with E-state index in [0.29, 0.717) is 24.8 Å². The molecule has 1 aliphatic carbocycles.